The Morgan fingerprint density at radius 2 is 2.10 bits per heavy atom. The highest BCUT2D eigenvalue weighted by Gasteiger charge is 2.41. The zero-order valence-corrected chi connectivity index (χ0v) is 12.2. The number of hydrogen-bond acceptors (Lipinski definition) is 4. The Hall–Kier alpha value is -1.85. The van der Waals surface area contributed by atoms with Crippen LogP contribution in [0, 0.1) is 5.92 Å². The number of nitrogens with one attached hydrogen (secondary N) is 1. The Labute approximate surface area is 123 Å². The van der Waals surface area contributed by atoms with E-state index in [9.17, 15) is 9.59 Å². The number of aliphatic carboxylic acids is 1. The molecule has 3 rings (SSSR count). The number of aromatic nitrogens is 2. The third-order valence-electron chi connectivity index (χ3n) is 4.67. The smallest absolute Gasteiger partial charge is 0.303 e. The van der Waals surface area contributed by atoms with Gasteiger partial charge in [-0.3, -0.25) is 9.59 Å². The molecule has 0 amide bonds. The Bertz CT molecular complexity index is 584. The number of carboxylic acids is 1. The predicted molar refractivity (Wildman–Crippen MR) is 78.5 cm³/mol. The van der Waals surface area contributed by atoms with E-state index in [4.69, 9.17) is 5.11 Å². The second-order valence-electron chi connectivity index (χ2n) is 6.13. The number of carboxylic acid groups (broad SMARTS) is 1. The van der Waals surface area contributed by atoms with Crippen LogP contribution < -0.4 is 10.5 Å². The van der Waals surface area contributed by atoms with Crippen molar-refractivity contribution in [3.05, 3.63) is 22.2 Å². The van der Waals surface area contributed by atoms with E-state index in [1.165, 1.54) is 0 Å². The maximum absolute atomic E-state index is 11.8. The molecule has 1 aromatic heterocycles. The molecule has 6 nitrogen and oxygen atoms in total. The fraction of sp³-hybridized carbons (Fsp3) is 0.667. The van der Waals surface area contributed by atoms with Gasteiger partial charge in [0.2, 0.25) is 0 Å². The van der Waals surface area contributed by atoms with E-state index in [2.05, 4.69) is 14.9 Å². The van der Waals surface area contributed by atoms with Crippen molar-refractivity contribution < 1.29 is 9.90 Å². The van der Waals surface area contributed by atoms with Crippen molar-refractivity contribution in [2.24, 2.45) is 5.92 Å². The first-order valence-corrected chi connectivity index (χ1v) is 7.67. The zero-order valence-electron chi connectivity index (χ0n) is 12.2. The number of H-pyrrole nitrogens is 1. The molecule has 2 fully saturated rings. The lowest BCUT2D eigenvalue weighted by molar-refractivity contribution is -0.138. The third kappa shape index (κ3) is 2.80. The first kappa shape index (κ1) is 14.1. The monoisotopic (exact) mass is 291 g/mol. The molecule has 0 spiro atoms. The van der Waals surface area contributed by atoms with Crippen molar-refractivity contribution in [1.29, 1.82) is 0 Å². The molecular weight excluding hydrogens is 270 g/mol. The van der Waals surface area contributed by atoms with Crippen molar-refractivity contribution in [2.45, 2.75) is 57.5 Å². The summed E-state index contributed by atoms with van der Waals surface area (Å²) in [6, 6.07) is 2.22. The van der Waals surface area contributed by atoms with Gasteiger partial charge in [0, 0.05) is 31.0 Å². The molecule has 6 heteroatoms. The summed E-state index contributed by atoms with van der Waals surface area (Å²) >= 11 is 0. The fourth-order valence-corrected chi connectivity index (χ4v) is 3.87. The molecule has 0 saturated carbocycles. The van der Waals surface area contributed by atoms with Crippen molar-refractivity contribution >= 4 is 11.8 Å². The van der Waals surface area contributed by atoms with Crippen LogP contribution in [0.2, 0.25) is 0 Å². The number of aromatic amines is 1. The molecule has 2 N–H and O–H groups in total. The normalized spacial score (nSPS) is 27.9. The van der Waals surface area contributed by atoms with Crippen LogP contribution >= 0.6 is 0 Å². The number of carbonyl (C=O) groups is 1. The molecule has 2 saturated heterocycles. The molecule has 2 atom stereocenters. The predicted octanol–water partition coefficient (Wildman–Crippen LogP) is 1.55. The van der Waals surface area contributed by atoms with Crippen molar-refractivity contribution in [3.8, 4) is 0 Å². The number of anilines is 1. The molecule has 1 aromatic rings. The summed E-state index contributed by atoms with van der Waals surface area (Å²) < 4.78 is 0. The summed E-state index contributed by atoms with van der Waals surface area (Å²) in [6.45, 7) is 1.97. The highest BCUT2D eigenvalue weighted by Crippen LogP contribution is 2.41. The van der Waals surface area contributed by atoms with Crippen molar-refractivity contribution in [1.82, 2.24) is 9.97 Å². The molecule has 0 aromatic carbocycles. The second-order valence-corrected chi connectivity index (χ2v) is 6.13. The molecule has 2 aliphatic rings. The van der Waals surface area contributed by atoms with Gasteiger partial charge in [0.15, 0.2) is 0 Å². The van der Waals surface area contributed by atoms with E-state index in [1.54, 1.807) is 6.07 Å². The highest BCUT2D eigenvalue weighted by molar-refractivity contribution is 5.67. The number of aryl methyl sites for hydroxylation is 1. The quantitative estimate of drug-likeness (QED) is 0.879. The molecular formula is C15H21N3O3. The van der Waals surface area contributed by atoms with Crippen LogP contribution in [0.4, 0.5) is 5.82 Å². The fourth-order valence-electron chi connectivity index (χ4n) is 3.87. The first-order valence-electron chi connectivity index (χ1n) is 7.67. The third-order valence-corrected chi connectivity index (χ3v) is 4.67. The lowest BCUT2D eigenvalue weighted by atomic mass is 9.88. The van der Waals surface area contributed by atoms with Gasteiger partial charge in [-0.05, 0) is 31.6 Å². The Balaban J connectivity index is 1.83. The van der Waals surface area contributed by atoms with E-state index < -0.39 is 5.97 Å². The number of fused-ring (bicyclic) bond motifs is 2. The summed E-state index contributed by atoms with van der Waals surface area (Å²) in [5.74, 6) is 1.01. The van der Waals surface area contributed by atoms with Gasteiger partial charge in [-0.15, -0.1) is 0 Å². The number of nitrogens with zero attached hydrogens (tertiary/aromatic N) is 2. The zero-order chi connectivity index (χ0) is 15.0. The molecule has 2 aliphatic heterocycles. The summed E-state index contributed by atoms with van der Waals surface area (Å²) in [4.78, 5) is 32.2. The van der Waals surface area contributed by atoms with Crippen LogP contribution in [-0.2, 0) is 11.2 Å². The summed E-state index contributed by atoms with van der Waals surface area (Å²) in [7, 11) is 0. The molecule has 21 heavy (non-hydrogen) atoms. The minimum atomic E-state index is -0.713. The van der Waals surface area contributed by atoms with Gasteiger partial charge >= 0.3 is 5.97 Å². The van der Waals surface area contributed by atoms with Crippen LogP contribution in [0.3, 0.4) is 0 Å². The first-order chi connectivity index (χ1) is 10.1. The average molecular weight is 291 g/mol. The largest absolute Gasteiger partial charge is 0.481 e. The second kappa shape index (κ2) is 5.50. The topological polar surface area (TPSA) is 86.3 Å². The van der Waals surface area contributed by atoms with Crippen LogP contribution in [0.25, 0.3) is 0 Å². The lowest BCUT2D eigenvalue weighted by Gasteiger charge is -2.39. The number of hydrogen-bond donors (Lipinski definition) is 2. The van der Waals surface area contributed by atoms with Crippen molar-refractivity contribution in [3.63, 3.8) is 0 Å². The van der Waals surface area contributed by atoms with Gasteiger partial charge in [0.05, 0.1) is 0 Å². The van der Waals surface area contributed by atoms with Crippen LogP contribution in [0.5, 0.6) is 0 Å². The lowest BCUT2D eigenvalue weighted by Crippen LogP contribution is -2.44. The number of piperidine rings is 1. The van der Waals surface area contributed by atoms with Crippen molar-refractivity contribution in [2.75, 3.05) is 4.90 Å². The summed E-state index contributed by atoms with van der Waals surface area (Å²) in [6.07, 6.45) is 4.86. The Morgan fingerprint density at radius 1 is 1.43 bits per heavy atom. The summed E-state index contributed by atoms with van der Waals surface area (Å²) in [5.41, 5.74) is -0.107. The van der Waals surface area contributed by atoms with Gasteiger partial charge in [-0.1, -0.05) is 6.92 Å². The van der Waals surface area contributed by atoms with Gasteiger partial charge in [-0.2, -0.15) is 0 Å². The molecule has 2 bridgehead atoms. The van der Waals surface area contributed by atoms with Crippen LogP contribution in [0.1, 0.15) is 44.9 Å². The van der Waals surface area contributed by atoms with E-state index >= 15 is 0 Å². The minimum absolute atomic E-state index is 0.107. The summed E-state index contributed by atoms with van der Waals surface area (Å²) in [5, 5.41) is 8.97. The van der Waals surface area contributed by atoms with Gasteiger partial charge < -0.3 is 15.0 Å². The maximum atomic E-state index is 11.8. The molecule has 2 unspecified atom stereocenters. The number of rotatable bonds is 4. The van der Waals surface area contributed by atoms with E-state index in [0.717, 1.165) is 31.5 Å². The minimum Gasteiger partial charge on any atom is -0.481 e. The van der Waals surface area contributed by atoms with Gasteiger partial charge in [0.1, 0.15) is 11.6 Å². The molecule has 0 aliphatic carbocycles. The highest BCUT2D eigenvalue weighted by atomic mass is 16.4. The van der Waals surface area contributed by atoms with Gasteiger partial charge in [-0.25, -0.2) is 4.98 Å². The molecule has 114 valence electrons. The Morgan fingerprint density at radius 3 is 2.67 bits per heavy atom. The van der Waals surface area contributed by atoms with Gasteiger partial charge in [0.25, 0.3) is 5.56 Å². The SMILES string of the molecule is CCc1nc(N2C3CCC2CC(CC(=O)O)C3)cc(=O)[nH]1. The van der Waals surface area contributed by atoms with Crippen LogP contribution in [-0.4, -0.2) is 33.1 Å². The molecule has 3 heterocycles. The molecule has 0 radical (unpaired) electrons. The standard InChI is InChI=1S/C15H21N3O3/c1-2-12-16-13(8-14(19)17-12)18-10-3-4-11(18)6-9(5-10)7-15(20)21/h8-11H,2-7H2,1H3,(H,20,21)(H,16,17,19). The average Bonchev–Trinajstić information content (AvgIpc) is 2.69. The van der Waals surface area contributed by atoms with E-state index in [-0.39, 0.29) is 17.9 Å². The van der Waals surface area contributed by atoms with Crippen LogP contribution in [0.15, 0.2) is 10.9 Å². The Kier molecular flexibility index (Phi) is 3.69. The maximum Gasteiger partial charge on any atom is 0.303 e. The van der Waals surface area contributed by atoms with E-state index in [0.29, 0.717) is 24.3 Å². The van der Waals surface area contributed by atoms with E-state index in [1.807, 2.05) is 6.92 Å².